The second kappa shape index (κ2) is 8.65. The van der Waals surface area contributed by atoms with E-state index in [4.69, 9.17) is 14.2 Å². The molecule has 158 valence electrons. The first-order chi connectivity index (χ1) is 15.0. The molecule has 1 N–H and O–H groups in total. The van der Waals surface area contributed by atoms with Gasteiger partial charge in [0.05, 0.1) is 37.9 Å². The number of carbonyl (C=O) groups is 1. The Labute approximate surface area is 184 Å². The largest absolute Gasteiger partial charge is 0.493 e. The van der Waals surface area contributed by atoms with Gasteiger partial charge in [-0.05, 0) is 49.4 Å². The zero-order chi connectivity index (χ0) is 22.0. The fourth-order valence-corrected chi connectivity index (χ4v) is 4.18. The van der Waals surface area contributed by atoms with Crippen molar-refractivity contribution in [1.29, 1.82) is 0 Å². The van der Waals surface area contributed by atoms with Crippen LogP contribution in [0, 0.1) is 6.92 Å². The smallest absolute Gasteiger partial charge is 0.203 e. The summed E-state index contributed by atoms with van der Waals surface area (Å²) in [7, 11) is 4.58. The van der Waals surface area contributed by atoms with E-state index in [9.17, 15) is 4.79 Å². The van der Waals surface area contributed by atoms with Crippen LogP contribution in [0.2, 0.25) is 0 Å². The van der Waals surface area contributed by atoms with Crippen LogP contribution >= 0.6 is 11.3 Å². The van der Waals surface area contributed by atoms with Crippen LogP contribution in [0.25, 0.3) is 22.7 Å². The molecule has 0 aliphatic heterocycles. The summed E-state index contributed by atoms with van der Waals surface area (Å²) in [5.41, 5.74) is 2.52. The lowest BCUT2D eigenvalue weighted by Gasteiger charge is -2.14. The Bertz CT molecular complexity index is 1230. The van der Waals surface area contributed by atoms with Crippen molar-refractivity contribution in [2.75, 3.05) is 21.3 Å². The molecule has 0 spiro atoms. The highest BCUT2D eigenvalue weighted by Gasteiger charge is 2.22. The van der Waals surface area contributed by atoms with Crippen LogP contribution < -0.4 is 14.2 Å². The minimum atomic E-state index is -0.204. The number of hydrogen-bond acceptors (Lipinski definition) is 6. The van der Waals surface area contributed by atoms with Crippen LogP contribution in [-0.4, -0.2) is 37.1 Å². The summed E-state index contributed by atoms with van der Waals surface area (Å²) in [6.45, 7) is 2.03. The van der Waals surface area contributed by atoms with Gasteiger partial charge in [-0.25, -0.2) is 4.98 Å². The molecular weight excluding hydrogens is 412 g/mol. The zero-order valence-corrected chi connectivity index (χ0v) is 18.5. The summed E-state index contributed by atoms with van der Waals surface area (Å²) < 4.78 is 16.2. The third-order valence-corrected chi connectivity index (χ3v) is 5.81. The number of H-pyrrole nitrogens is 1. The third kappa shape index (κ3) is 4.04. The van der Waals surface area contributed by atoms with Crippen LogP contribution in [0.3, 0.4) is 0 Å². The number of methoxy groups -OCH3 is 3. The van der Waals surface area contributed by atoms with E-state index >= 15 is 0 Å². The molecule has 31 heavy (non-hydrogen) atoms. The van der Waals surface area contributed by atoms with E-state index in [1.54, 1.807) is 23.5 Å². The van der Waals surface area contributed by atoms with Gasteiger partial charge in [0.1, 0.15) is 5.82 Å². The molecule has 4 aromatic rings. The van der Waals surface area contributed by atoms with Crippen molar-refractivity contribution < 1.29 is 19.0 Å². The molecular formula is C24H22N2O4S. The summed E-state index contributed by atoms with van der Waals surface area (Å²) in [5, 5.41) is 0. The van der Waals surface area contributed by atoms with E-state index in [2.05, 4.69) is 9.97 Å². The molecule has 7 heteroatoms. The van der Waals surface area contributed by atoms with Crippen molar-refractivity contribution in [2.45, 2.75) is 6.92 Å². The number of Topliss-reactive ketones (excluding diaryl/α,β-unsaturated/α-hetero) is 1. The number of carbonyl (C=O) groups excluding carboxylic acids is 1. The highest BCUT2D eigenvalue weighted by Crippen LogP contribution is 2.39. The van der Waals surface area contributed by atoms with Crippen molar-refractivity contribution in [3.63, 3.8) is 0 Å². The second-order valence-electron chi connectivity index (χ2n) is 6.85. The van der Waals surface area contributed by atoms with Gasteiger partial charge in [0, 0.05) is 15.3 Å². The van der Waals surface area contributed by atoms with Crippen molar-refractivity contribution in [2.24, 2.45) is 0 Å². The number of fused-ring (bicyclic) bond motifs is 1. The summed E-state index contributed by atoms with van der Waals surface area (Å²) in [4.78, 5) is 23.7. The molecule has 2 aromatic heterocycles. The van der Waals surface area contributed by atoms with Gasteiger partial charge >= 0.3 is 0 Å². The normalized spacial score (nSPS) is 11.5. The quantitative estimate of drug-likeness (QED) is 0.312. The van der Waals surface area contributed by atoms with Gasteiger partial charge in [0.15, 0.2) is 17.3 Å². The number of ether oxygens (including phenoxy) is 3. The summed E-state index contributed by atoms with van der Waals surface area (Å²) in [6, 6.07) is 15.0. The molecule has 0 saturated carbocycles. The molecule has 0 amide bonds. The number of aryl methyl sites for hydroxylation is 1. The average molecular weight is 435 g/mol. The SMILES string of the molecule is COc1cc(C(=O)/C(=C\c2ccc(C)s2)c2nc3ccccc3[nH]2)cc(OC)c1OC. The number of benzene rings is 2. The third-order valence-electron chi connectivity index (χ3n) is 4.86. The number of rotatable bonds is 7. The molecule has 0 atom stereocenters. The predicted molar refractivity (Wildman–Crippen MR) is 123 cm³/mol. The molecule has 2 aromatic carbocycles. The number of thiophene rings is 1. The monoisotopic (exact) mass is 434 g/mol. The summed E-state index contributed by atoms with van der Waals surface area (Å²) in [6.07, 6.45) is 1.86. The Morgan fingerprint density at radius 3 is 2.29 bits per heavy atom. The molecule has 0 aliphatic rings. The maximum atomic E-state index is 13.7. The van der Waals surface area contributed by atoms with Crippen LogP contribution in [0.15, 0.2) is 48.5 Å². The summed E-state index contributed by atoms with van der Waals surface area (Å²) in [5.74, 6) is 1.57. The number of para-hydroxylation sites is 2. The number of nitrogens with zero attached hydrogens (tertiary/aromatic N) is 1. The Hall–Kier alpha value is -3.58. The highest BCUT2D eigenvalue weighted by molar-refractivity contribution is 7.12. The molecule has 0 unspecified atom stereocenters. The number of nitrogens with one attached hydrogen (secondary N) is 1. The second-order valence-corrected chi connectivity index (χ2v) is 8.17. The number of ketones is 1. The minimum absolute atomic E-state index is 0.204. The van der Waals surface area contributed by atoms with Crippen LogP contribution in [0.1, 0.15) is 25.9 Å². The van der Waals surface area contributed by atoms with Crippen LogP contribution in [0.4, 0.5) is 0 Å². The Morgan fingerprint density at radius 1 is 1.00 bits per heavy atom. The molecule has 0 aliphatic carbocycles. The molecule has 0 saturated heterocycles. The first-order valence-electron chi connectivity index (χ1n) is 9.62. The topological polar surface area (TPSA) is 73.4 Å². The molecule has 0 fully saturated rings. The summed E-state index contributed by atoms with van der Waals surface area (Å²) >= 11 is 1.61. The number of allylic oxidation sites excluding steroid dienone is 1. The lowest BCUT2D eigenvalue weighted by Crippen LogP contribution is -2.06. The van der Waals surface area contributed by atoms with E-state index in [1.807, 2.05) is 49.4 Å². The van der Waals surface area contributed by atoms with E-state index in [-0.39, 0.29) is 5.78 Å². The lowest BCUT2D eigenvalue weighted by atomic mass is 10.0. The predicted octanol–water partition coefficient (Wildman–Crippen LogP) is 5.38. The number of hydrogen-bond donors (Lipinski definition) is 1. The minimum Gasteiger partial charge on any atom is -0.493 e. The first-order valence-corrected chi connectivity index (χ1v) is 10.4. The van der Waals surface area contributed by atoms with Crippen molar-refractivity contribution in [1.82, 2.24) is 9.97 Å². The Balaban J connectivity index is 1.87. The van der Waals surface area contributed by atoms with E-state index < -0.39 is 0 Å². The zero-order valence-electron chi connectivity index (χ0n) is 17.7. The van der Waals surface area contributed by atoms with Gasteiger partial charge < -0.3 is 19.2 Å². The maximum absolute atomic E-state index is 13.7. The number of imidazole rings is 1. The first kappa shape index (κ1) is 20.7. The molecule has 2 heterocycles. The van der Waals surface area contributed by atoms with Crippen molar-refractivity contribution in [3.05, 3.63) is 69.7 Å². The fourth-order valence-electron chi connectivity index (χ4n) is 3.36. The van der Waals surface area contributed by atoms with Gasteiger partial charge in [0.2, 0.25) is 5.75 Å². The van der Waals surface area contributed by atoms with Crippen LogP contribution in [-0.2, 0) is 0 Å². The highest BCUT2D eigenvalue weighted by atomic mass is 32.1. The Kier molecular flexibility index (Phi) is 5.77. The maximum Gasteiger partial charge on any atom is 0.203 e. The van der Waals surface area contributed by atoms with E-state index in [0.29, 0.717) is 34.2 Å². The molecule has 4 rings (SSSR count). The van der Waals surface area contributed by atoms with Gasteiger partial charge in [-0.3, -0.25) is 4.79 Å². The van der Waals surface area contributed by atoms with Gasteiger partial charge in [-0.2, -0.15) is 0 Å². The van der Waals surface area contributed by atoms with E-state index in [1.165, 1.54) is 21.3 Å². The molecule has 6 nitrogen and oxygen atoms in total. The average Bonchev–Trinajstić information content (AvgIpc) is 3.41. The van der Waals surface area contributed by atoms with Crippen molar-refractivity contribution >= 4 is 39.8 Å². The molecule has 0 radical (unpaired) electrons. The van der Waals surface area contributed by atoms with Gasteiger partial charge in [-0.1, -0.05) is 12.1 Å². The van der Waals surface area contributed by atoms with Crippen LogP contribution in [0.5, 0.6) is 17.2 Å². The van der Waals surface area contributed by atoms with Crippen molar-refractivity contribution in [3.8, 4) is 17.2 Å². The number of aromatic amines is 1. The van der Waals surface area contributed by atoms with E-state index in [0.717, 1.165) is 20.8 Å². The van der Waals surface area contributed by atoms with Gasteiger partial charge in [0.25, 0.3) is 0 Å². The Morgan fingerprint density at radius 2 is 1.71 bits per heavy atom. The molecule has 0 bridgehead atoms. The van der Waals surface area contributed by atoms with Gasteiger partial charge in [-0.15, -0.1) is 11.3 Å². The standard InChI is InChI=1S/C24H22N2O4S/c1-14-9-10-16(31-14)13-17(24-25-18-7-5-6-8-19(18)26-24)22(27)15-11-20(28-2)23(30-4)21(12-15)29-3/h5-13H,1-4H3,(H,25,26)/b17-13+. The lowest BCUT2D eigenvalue weighted by molar-refractivity contribution is 0.105. The fraction of sp³-hybridized carbons (Fsp3) is 0.167. The number of aromatic nitrogens is 2.